The molecular weight excluding hydrogens is 436 g/mol. The van der Waals surface area contributed by atoms with Crippen molar-refractivity contribution in [3.05, 3.63) is 98.6 Å². The Hall–Kier alpha value is -4.53. The van der Waals surface area contributed by atoms with Crippen LogP contribution in [0.2, 0.25) is 0 Å². The van der Waals surface area contributed by atoms with Crippen molar-refractivity contribution in [2.75, 3.05) is 11.9 Å². The van der Waals surface area contributed by atoms with Crippen molar-refractivity contribution in [2.24, 2.45) is 5.10 Å². The van der Waals surface area contributed by atoms with Gasteiger partial charge in [-0.15, -0.1) is 0 Å². The Morgan fingerprint density at radius 1 is 1.00 bits per heavy atom. The molecule has 0 radical (unpaired) electrons. The van der Waals surface area contributed by atoms with Gasteiger partial charge in [0.2, 0.25) is 0 Å². The minimum absolute atomic E-state index is 0.0617. The molecule has 3 aromatic carbocycles. The van der Waals surface area contributed by atoms with Gasteiger partial charge in [0.1, 0.15) is 5.75 Å². The largest absolute Gasteiger partial charge is 0.423 e. The average molecular weight is 460 g/mol. The minimum atomic E-state index is -0.622. The molecule has 0 heterocycles. The fraction of sp³-hybridized carbons (Fsp3) is 0.160. The third kappa shape index (κ3) is 6.26. The van der Waals surface area contributed by atoms with Gasteiger partial charge >= 0.3 is 5.97 Å². The number of hydrogen-bond acceptors (Lipinski definition) is 7. The number of hydrogen-bond donors (Lipinski definition) is 2. The number of para-hydroxylation sites is 1. The van der Waals surface area contributed by atoms with Crippen molar-refractivity contribution in [3.63, 3.8) is 0 Å². The predicted octanol–water partition coefficient (Wildman–Crippen LogP) is 4.30. The van der Waals surface area contributed by atoms with Crippen LogP contribution in [0.3, 0.4) is 0 Å². The lowest BCUT2D eigenvalue weighted by atomic mass is 10.1. The van der Waals surface area contributed by atoms with E-state index in [-0.39, 0.29) is 23.7 Å². The Kier molecular flexibility index (Phi) is 7.71. The van der Waals surface area contributed by atoms with E-state index in [1.807, 2.05) is 32.0 Å². The number of ether oxygens (including phenoxy) is 1. The van der Waals surface area contributed by atoms with Crippen LogP contribution in [0.4, 0.5) is 11.4 Å². The van der Waals surface area contributed by atoms with Gasteiger partial charge in [-0.1, -0.05) is 18.2 Å². The molecule has 174 valence electrons. The van der Waals surface area contributed by atoms with Crippen LogP contribution in [-0.2, 0) is 4.79 Å². The number of rotatable bonds is 8. The maximum atomic E-state index is 12.3. The van der Waals surface area contributed by atoms with Crippen LogP contribution in [0.15, 0.2) is 65.8 Å². The Bertz CT molecular complexity index is 1230. The summed E-state index contributed by atoms with van der Waals surface area (Å²) >= 11 is 0. The number of nitrogens with one attached hydrogen (secondary N) is 2. The predicted molar refractivity (Wildman–Crippen MR) is 129 cm³/mol. The SMILES string of the molecule is Cc1cc(C(=O)Oc2ccc(/C=N\NC(=O)CNc3c(C)cccc3C)cc2)ccc1[N+](=O)[O-]. The molecule has 0 saturated heterocycles. The van der Waals surface area contributed by atoms with Gasteiger partial charge in [0.15, 0.2) is 0 Å². The van der Waals surface area contributed by atoms with Crippen molar-refractivity contribution < 1.29 is 19.2 Å². The van der Waals surface area contributed by atoms with E-state index in [4.69, 9.17) is 4.74 Å². The summed E-state index contributed by atoms with van der Waals surface area (Å²) < 4.78 is 5.32. The maximum Gasteiger partial charge on any atom is 0.343 e. The van der Waals surface area contributed by atoms with Crippen molar-refractivity contribution in [3.8, 4) is 5.75 Å². The highest BCUT2D eigenvalue weighted by molar-refractivity contribution is 5.92. The Morgan fingerprint density at radius 2 is 1.68 bits per heavy atom. The van der Waals surface area contributed by atoms with Gasteiger partial charge in [-0.05, 0) is 73.9 Å². The molecule has 0 fully saturated rings. The number of nitro groups is 1. The number of aryl methyl sites for hydroxylation is 3. The number of nitrogens with zero attached hydrogens (tertiary/aromatic N) is 2. The zero-order valence-corrected chi connectivity index (χ0v) is 19.0. The molecule has 0 saturated carbocycles. The fourth-order valence-corrected chi connectivity index (χ4v) is 3.26. The highest BCUT2D eigenvalue weighted by atomic mass is 16.6. The molecule has 3 aromatic rings. The molecule has 0 aliphatic heterocycles. The molecule has 2 N–H and O–H groups in total. The number of carbonyl (C=O) groups is 2. The number of esters is 1. The average Bonchev–Trinajstić information content (AvgIpc) is 2.79. The number of carbonyl (C=O) groups excluding carboxylic acids is 2. The topological polar surface area (TPSA) is 123 Å². The van der Waals surface area contributed by atoms with E-state index in [0.29, 0.717) is 16.9 Å². The number of nitro benzene ring substituents is 1. The molecule has 0 aromatic heterocycles. The Balaban J connectivity index is 1.51. The first-order valence-electron chi connectivity index (χ1n) is 10.4. The zero-order valence-electron chi connectivity index (χ0n) is 19.0. The molecule has 0 aliphatic rings. The molecule has 34 heavy (non-hydrogen) atoms. The van der Waals surface area contributed by atoms with E-state index in [0.717, 1.165) is 16.8 Å². The summed E-state index contributed by atoms with van der Waals surface area (Å²) in [5.41, 5.74) is 6.71. The van der Waals surface area contributed by atoms with Crippen LogP contribution in [0.25, 0.3) is 0 Å². The summed E-state index contributed by atoms with van der Waals surface area (Å²) in [6, 6.07) is 16.5. The second kappa shape index (κ2) is 10.9. The smallest absolute Gasteiger partial charge is 0.343 e. The van der Waals surface area contributed by atoms with Crippen molar-refractivity contribution in [1.82, 2.24) is 5.43 Å². The van der Waals surface area contributed by atoms with Gasteiger partial charge in [0.25, 0.3) is 11.6 Å². The lowest BCUT2D eigenvalue weighted by molar-refractivity contribution is -0.385. The molecule has 0 bridgehead atoms. The van der Waals surface area contributed by atoms with Gasteiger partial charge in [-0.2, -0.15) is 5.10 Å². The third-order valence-electron chi connectivity index (χ3n) is 5.03. The lowest BCUT2D eigenvalue weighted by Crippen LogP contribution is -2.26. The van der Waals surface area contributed by atoms with Crippen molar-refractivity contribution >= 4 is 29.5 Å². The van der Waals surface area contributed by atoms with E-state index in [9.17, 15) is 19.7 Å². The quantitative estimate of drug-likeness (QED) is 0.170. The van der Waals surface area contributed by atoms with Gasteiger partial charge in [-0.3, -0.25) is 14.9 Å². The van der Waals surface area contributed by atoms with Crippen LogP contribution < -0.4 is 15.5 Å². The van der Waals surface area contributed by atoms with E-state index < -0.39 is 10.9 Å². The van der Waals surface area contributed by atoms with Gasteiger partial charge < -0.3 is 10.1 Å². The molecule has 9 nitrogen and oxygen atoms in total. The molecule has 0 aliphatic carbocycles. The standard InChI is InChI=1S/C25H24N4O5/c1-16-5-4-6-17(2)24(16)26-15-23(30)28-27-14-19-7-10-21(11-8-19)34-25(31)20-9-12-22(29(32)33)18(3)13-20/h4-14,26H,15H2,1-3H3,(H,28,30)/b27-14-. The van der Waals surface area contributed by atoms with Crippen LogP contribution in [0.5, 0.6) is 5.75 Å². The van der Waals surface area contributed by atoms with E-state index >= 15 is 0 Å². The summed E-state index contributed by atoms with van der Waals surface area (Å²) in [6.45, 7) is 5.58. The Labute approximate surface area is 196 Å². The molecule has 9 heteroatoms. The molecular formula is C25H24N4O5. The lowest BCUT2D eigenvalue weighted by Gasteiger charge is -2.11. The van der Waals surface area contributed by atoms with Gasteiger partial charge in [-0.25, -0.2) is 10.2 Å². The number of amides is 1. The van der Waals surface area contributed by atoms with Crippen LogP contribution >= 0.6 is 0 Å². The summed E-state index contributed by atoms with van der Waals surface area (Å²) in [5, 5.41) is 18.0. The molecule has 0 atom stereocenters. The molecule has 0 spiro atoms. The summed E-state index contributed by atoms with van der Waals surface area (Å²) in [6.07, 6.45) is 1.47. The third-order valence-corrected chi connectivity index (χ3v) is 5.03. The van der Waals surface area contributed by atoms with E-state index in [1.54, 1.807) is 31.2 Å². The fourth-order valence-electron chi connectivity index (χ4n) is 3.26. The highest BCUT2D eigenvalue weighted by Gasteiger charge is 2.15. The Morgan fingerprint density at radius 3 is 2.29 bits per heavy atom. The van der Waals surface area contributed by atoms with Gasteiger partial charge in [0.05, 0.1) is 23.2 Å². The van der Waals surface area contributed by atoms with E-state index in [2.05, 4.69) is 15.8 Å². The normalized spacial score (nSPS) is 10.7. The second-order valence-corrected chi connectivity index (χ2v) is 7.63. The first-order chi connectivity index (χ1) is 16.2. The monoisotopic (exact) mass is 460 g/mol. The summed E-state index contributed by atoms with van der Waals surface area (Å²) in [7, 11) is 0. The number of anilines is 1. The van der Waals surface area contributed by atoms with E-state index in [1.165, 1.54) is 24.4 Å². The second-order valence-electron chi connectivity index (χ2n) is 7.63. The molecule has 1 amide bonds. The summed E-state index contributed by atoms with van der Waals surface area (Å²) in [4.78, 5) is 34.8. The zero-order chi connectivity index (χ0) is 24.7. The minimum Gasteiger partial charge on any atom is -0.423 e. The number of benzene rings is 3. The number of hydrazone groups is 1. The van der Waals surface area contributed by atoms with Gasteiger partial charge in [0, 0.05) is 17.3 Å². The highest BCUT2D eigenvalue weighted by Crippen LogP contribution is 2.21. The van der Waals surface area contributed by atoms with Crippen LogP contribution in [-0.4, -0.2) is 29.6 Å². The molecule has 0 unspecified atom stereocenters. The first-order valence-corrected chi connectivity index (χ1v) is 10.4. The summed E-state index contributed by atoms with van der Waals surface area (Å²) in [5.74, 6) is -0.606. The van der Waals surface area contributed by atoms with Crippen molar-refractivity contribution in [1.29, 1.82) is 0 Å². The maximum absolute atomic E-state index is 12.3. The first kappa shape index (κ1) is 24.1. The van der Waals surface area contributed by atoms with Crippen LogP contribution in [0.1, 0.15) is 32.6 Å². The molecule has 3 rings (SSSR count). The van der Waals surface area contributed by atoms with Crippen molar-refractivity contribution in [2.45, 2.75) is 20.8 Å². The van der Waals surface area contributed by atoms with Crippen LogP contribution in [0, 0.1) is 30.9 Å².